The SMILES string of the molecule is Clc1ccc2c(c1)CCc1cc(Cl)ccc1C#C2. The zero-order valence-corrected chi connectivity index (χ0v) is 11.1. The van der Waals surface area contributed by atoms with Gasteiger partial charge in [-0.05, 0) is 60.4 Å². The molecule has 0 aromatic heterocycles. The van der Waals surface area contributed by atoms with Crippen molar-refractivity contribution in [1.29, 1.82) is 0 Å². The monoisotopic (exact) mass is 272 g/mol. The molecule has 0 spiro atoms. The first-order chi connectivity index (χ1) is 8.72. The minimum Gasteiger partial charge on any atom is -0.0843 e. The van der Waals surface area contributed by atoms with Crippen LogP contribution in [0.25, 0.3) is 0 Å². The van der Waals surface area contributed by atoms with Crippen molar-refractivity contribution in [2.24, 2.45) is 0 Å². The first kappa shape index (κ1) is 11.7. The average molecular weight is 273 g/mol. The molecule has 0 unspecified atom stereocenters. The highest BCUT2D eigenvalue weighted by molar-refractivity contribution is 6.31. The summed E-state index contributed by atoms with van der Waals surface area (Å²) in [6.07, 6.45) is 1.88. The van der Waals surface area contributed by atoms with Crippen LogP contribution >= 0.6 is 23.2 Å². The topological polar surface area (TPSA) is 0 Å². The Morgan fingerprint density at radius 2 is 1.17 bits per heavy atom. The number of fused-ring (bicyclic) bond motifs is 2. The van der Waals surface area contributed by atoms with E-state index in [2.05, 4.69) is 11.8 Å². The second-order valence-electron chi connectivity index (χ2n) is 4.35. The van der Waals surface area contributed by atoms with Crippen molar-refractivity contribution in [3.05, 3.63) is 68.7 Å². The summed E-state index contributed by atoms with van der Waals surface area (Å²) in [5.41, 5.74) is 4.56. The van der Waals surface area contributed by atoms with Gasteiger partial charge < -0.3 is 0 Å². The summed E-state index contributed by atoms with van der Waals surface area (Å²) in [6.45, 7) is 0. The van der Waals surface area contributed by atoms with Gasteiger partial charge in [0.05, 0.1) is 0 Å². The highest BCUT2D eigenvalue weighted by atomic mass is 35.5. The van der Waals surface area contributed by atoms with Gasteiger partial charge >= 0.3 is 0 Å². The van der Waals surface area contributed by atoms with Gasteiger partial charge in [-0.25, -0.2) is 0 Å². The minimum absolute atomic E-state index is 0.766. The third-order valence-electron chi connectivity index (χ3n) is 3.13. The molecule has 0 heterocycles. The normalized spacial score (nSPS) is 12.6. The van der Waals surface area contributed by atoms with Gasteiger partial charge in [-0.15, -0.1) is 0 Å². The Kier molecular flexibility index (Phi) is 3.04. The second kappa shape index (κ2) is 4.69. The molecule has 2 heteroatoms. The molecule has 0 aliphatic heterocycles. The Labute approximate surface area is 117 Å². The van der Waals surface area contributed by atoms with Gasteiger partial charge in [-0.1, -0.05) is 35.0 Å². The van der Waals surface area contributed by atoms with Crippen LogP contribution in [0.4, 0.5) is 0 Å². The average Bonchev–Trinajstić information content (AvgIpc) is 2.34. The van der Waals surface area contributed by atoms with Crippen molar-refractivity contribution in [2.75, 3.05) is 0 Å². The lowest BCUT2D eigenvalue weighted by molar-refractivity contribution is 0.951. The zero-order chi connectivity index (χ0) is 12.5. The van der Waals surface area contributed by atoms with E-state index in [-0.39, 0.29) is 0 Å². The summed E-state index contributed by atoms with van der Waals surface area (Å²) < 4.78 is 0. The van der Waals surface area contributed by atoms with Gasteiger partial charge in [-0.3, -0.25) is 0 Å². The molecule has 0 fully saturated rings. The molecule has 1 aliphatic rings. The Morgan fingerprint density at radius 1 is 0.722 bits per heavy atom. The van der Waals surface area contributed by atoms with Crippen molar-refractivity contribution in [3.8, 4) is 11.8 Å². The van der Waals surface area contributed by atoms with Gasteiger partial charge in [0.15, 0.2) is 0 Å². The van der Waals surface area contributed by atoms with Gasteiger partial charge in [0.1, 0.15) is 0 Å². The Hall–Kier alpha value is -1.42. The van der Waals surface area contributed by atoms with E-state index in [9.17, 15) is 0 Å². The number of aryl methyl sites for hydroxylation is 2. The molecule has 1 aliphatic carbocycles. The van der Waals surface area contributed by atoms with Crippen LogP contribution in [0.1, 0.15) is 22.3 Å². The predicted octanol–water partition coefficient (Wildman–Crippen LogP) is 4.49. The summed E-state index contributed by atoms with van der Waals surface area (Å²) in [6, 6.07) is 11.8. The molecule has 0 amide bonds. The fourth-order valence-corrected chi connectivity index (χ4v) is 2.58. The molecule has 0 bridgehead atoms. The van der Waals surface area contributed by atoms with Crippen molar-refractivity contribution in [3.63, 3.8) is 0 Å². The second-order valence-corrected chi connectivity index (χ2v) is 5.23. The van der Waals surface area contributed by atoms with Crippen molar-refractivity contribution in [1.82, 2.24) is 0 Å². The molecule has 0 nitrogen and oxygen atoms in total. The number of rotatable bonds is 0. The van der Waals surface area contributed by atoms with Gasteiger partial charge in [0.25, 0.3) is 0 Å². The molecular weight excluding hydrogens is 263 g/mol. The molecular formula is C16H10Cl2. The van der Waals surface area contributed by atoms with Crippen LogP contribution in [0.2, 0.25) is 10.0 Å². The lowest BCUT2D eigenvalue weighted by atomic mass is 9.94. The third kappa shape index (κ3) is 2.25. The molecule has 0 radical (unpaired) electrons. The van der Waals surface area contributed by atoms with Crippen LogP contribution in [0, 0.1) is 11.8 Å². The fourth-order valence-electron chi connectivity index (χ4n) is 2.19. The molecule has 0 atom stereocenters. The quantitative estimate of drug-likeness (QED) is 0.620. The first-order valence-electron chi connectivity index (χ1n) is 5.81. The zero-order valence-electron chi connectivity index (χ0n) is 9.63. The van der Waals surface area contributed by atoms with E-state index >= 15 is 0 Å². The molecule has 0 saturated carbocycles. The molecule has 2 aromatic rings. The standard InChI is InChI=1S/C16H10Cl2/c17-15-7-5-11-1-2-12-6-8-16(18)10-14(12)4-3-13(11)9-15/h5-10H,3-4H2. The van der Waals surface area contributed by atoms with Gasteiger partial charge in [0, 0.05) is 21.2 Å². The Bertz CT molecular complexity index is 618. The summed E-state index contributed by atoms with van der Waals surface area (Å²) in [5.74, 6) is 6.43. The van der Waals surface area contributed by atoms with E-state index < -0.39 is 0 Å². The maximum atomic E-state index is 6.03. The van der Waals surface area contributed by atoms with Crippen molar-refractivity contribution >= 4 is 23.2 Å². The number of benzene rings is 2. The molecule has 0 saturated heterocycles. The fraction of sp³-hybridized carbons (Fsp3) is 0.125. The van der Waals surface area contributed by atoms with E-state index in [1.165, 1.54) is 11.1 Å². The van der Waals surface area contributed by atoms with Crippen LogP contribution in [-0.4, -0.2) is 0 Å². The van der Waals surface area contributed by atoms with E-state index in [0.29, 0.717) is 0 Å². The largest absolute Gasteiger partial charge is 0.0843 e. The number of halogens is 2. The maximum absolute atomic E-state index is 6.03. The molecule has 18 heavy (non-hydrogen) atoms. The highest BCUT2D eigenvalue weighted by Gasteiger charge is 2.08. The summed E-state index contributed by atoms with van der Waals surface area (Å²) in [4.78, 5) is 0. The van der Waals surface area contributed by atoms with E-state index in [1.54, 1.807) is 0 Å². The van der Waals surface area contributed by atoms with E-state index in [1.807, 2.05) is 36.4 Å². The summed E-state index contributed by atoms with van der Waals surface area (Å²) >= 11 is 12.1. The van der Waals surface area contributed by atoms with Crippen LogP contribution in [-0.2, 0) is 12.8 Å². The minimum atomic E-state index is 0.766. The lowest BCUT2D eigenvalue weighted by Gasteiger charge is -2.10. The smallest absolute Gasteiger partial charge is 0.0409 e. The molecule has 0 N–H and O–H groups in total. The van der Waals surface area contributed by atoms with Crippen LogP contribution < -0.4 is 0 Å². The lowest BCUT2D eigenvalue weighted by Crippen LogP contribution is -2.00. The molecule has 3 rings (SSSR count). The maximum Gasteiger partial charge on any atom is 0.0409 e. The Morgan fingerprint density at radius 3 is 1.61 bits per heavy atom. The summed E-state index contributed by atoms with van der Waals surface area (Å²) in [5, 5.41) is 1.53. The molecule has 2 aromatic carbocycles. The van der Waals surface area contributed by atoms with E-state index in [0.717, 1.165) is 34.0 Å². The third-order valence-corrected chi connectivity index (χ3v) is 3.60. The molecule has 88 valence electrons. The van der Waals surface area contributed by atoms with Crippen LogP contribution in [0.15, 0.2) is 36.4 Å². The van der Waals surface area contributed by atoms with Crippen molar-refractivity contribution < 1.29 is 0 Å². The van der Waals surface area contributed by atoms with Crippen LogP contribution in [0.5, 0.6) is 0 Å². The first-order valence-corrected chi connectivity index (χ1v) is 6.57. The highest BCUT2D eigenvalue weighted by Crippen LogP contribution is 2.22. The van der Waals surface area contributed by atoms with E-state index in [4.69, 9.17) is 23.2 Å². The number of hydrogen-bond donors (Lipinski definition) is 0. The predicted molar refractivity (Wildman–Crippen MR) is 76.3 cm³/mol. The van der Waals surface area contributed by atoms with Gasteiger partial charge in [0.2, 0.25) is 0 Å². The van der Waals surface area contributed by atoms with Gasteiger partial charge in [-0.2, -0.15) is 0 Å². The van der Waals surface area contributed by atoms with Crippen LogP contribution in [0.3, 0.4) is 0 Å². The van der Waals surface area contributed by atoms with Crippen molar-refractivity contribution in [2.45, 2.75) is 12.8 Å². The number of hydrogen-bond acceptors (Lipinski definition) is 0. The summed E-state index contributed by atoms with van der Waals surface area (Å²) in [7, 11) is 0. The Balaban J connectivity index is 2.13.